The van der Waals surface area contributed by atoms with Gasteiger partial charge in [-0.25, -0.2) is 4.79 Å². The fourth-order valence-corrected chi connectivity index (χ4v) is 4.51. The molecule has 0 saturated carbocycles. The normalized spacial score (nSPS) is 21.3. The molecule has 2 aliphatic heterocycles. The molecule has 0 radical (unpaired) electrons. The summed E-state index contributed by atoms with van der Waals surface area (Å²) >= 11 is 0. The van der Waals surface area contributed by atoms with E-state index in [1.165, 1.54) is 5.56 Å². The Bertz CT molecular complexity index is 693. The standard InChI is InChI=1S/C24H38N4O2/c1-24(2,3)26-23(30)27-16-12-21(13-17-27)28-15-7-10-20(18-28)22(29)25-14-11-19-8-5-4-6-9-19/h4-6,8-9,20-21H,7,10-18H2,1-3H3,(H,25,29)(H,26,30)/t20-/m0/s1. The Morgan fingerprint density at radius 1 is 1.03 bits per heavy atom. The highest BCUT2D eigenvalue weighted by Gasteiger charge is 2.32. The lowest BCUT2D eigenvalue weighted by Gasteiger charge is -2.42. The molecule has 6 heteroatoms. The van der Waals surface area contributed by atoms with Gasteiger partial charge in [0.1, 0.15) is 0 Å². The van der Waals surface area contributed by atoms with Crippen molar-refractivity contribution in [2.45, 2.75) is 64.5 Å². The molecular weight excluding hydrogens is 376 g/mol. The van der Waals surface area contributed by atoms with E-state index in [1.54, 1.807) is 0 Å². The molecule has 0 spiro atoms. The number of carbonyl (C=O) groups is 2. The number of hydrogen-bond acceptors (Lipinski definition) is 3. The second kappa shape index (κ2) is 10.3. The van der Waals surface area contributed by atoms with Crippen molar-refractivity contribution in [2.75, 3.05) is 32.7 Å². The van der Waals surface area contributed by atoms with E-state index in [-0.39, 0.29) is 23.4 Å². The Morgan fingerprint density at radius 3 is 2.40 bits per heavy atom. The van der Waals surface area contributed by atoms with E-state index >= 15 is 0 Å². The summed E-state index contributed by atoms with van der Waals surface area (Å²) in [4.78, 5) is 29.5. The summed E-state index contributed by atoms with van der Waals surface area (Å²) in [6.07, 6.45) is 4.89. The number of hydrogen-bond donors (Lipinski definition) is 2. The molecule has 6 nitrogen and oxygen atoms in total. The van der Waals surface area contributed by atoms with Crippen LogP contribution in [-0.4, -0.2) is 66.0 Å². The van der Waals surface area contributed by atoms with E-state index in [0.29, 0.717) is 12.6 Å². The highest BCUT2D eigenvalue weighted by Crippen LogP contribution is 2.24. The number of piperidine rings is 2. The Morgan fingerprint density at radius 2 is 1.73 bits per heavy atom. The average molecular weight is 415 g/mol. The Hall–Kier alpha value is -2.08. The molecule has 1 atom stereocenters. The van der Waals surface area contributed by atoms with Crippen LogP contribution in [0.4, 0.5) is 4.79 Å². The van der Waals surface area contributed by atoms with Crippen molar-refractivity contribution in [3.05, 3.63) is 35.9 Å². The van der Waals surface area contributed by atoms with Gasteiger partial charge in [-0.2, -0.15) is 0 Å². The zero-order valence-corrected chi connectivity index (χ0v) is 18.8. The van der Waals surface area contributed by atoms with Crippen LogP contribution in [0.1, 0.15) is 52.0 Å². The molecule has 2 fully saturated rings. The minimum absolute atomic E-state index is 0.0373. The van der Waals surface area contributed by atoms with E-state index in [2.05, 4.69) is 27.7 Å². The van der Waals surface area contributed by atoms with Gasteiger partial charge < -0.3 is 15.5 Å². The third kappa shape index (κ3) is 6.73. The second-order valence-electron chi connectivity index (χ2n) is 9.76. The van der Waals surface area contributed by atoms with E-state index in [1.807, 2.05) is 43.9 Å². The fourth-order valence-electron chi connectivity index (χ4n) is 4.51. The minimum atomic E-state index is -0.206. The van der Waals surface area contributed by atoms with Gasteiger partial charge in [-0.3, -0.25) is 9.69 Å². The van der Waals surface area contributed by atoms with Crippen molar-refractivity contribution in [3.8, 4) is 0 Å². The fraction of sp³-hybridized carbons (Fsp3) is 0.667. The number of urea groups is 1. The summed E-state index contributed by atoms with van der Waals surface area (Å²) in [5, 5.41) is 6.20. The molecule has 1 aromatic rings. The predicted molar refractivity (Wildman–Crippen MR) is 120 cm³/mol. The van der Waals surface area contributed by atoms with Crippen LogP contribution in [0.25, 0.3) is 0 Å². The molecule has 166 valence electrons. The molecule has 0 bridgehead atoms. The first kappa shape index (κ1) is 22.6. The molecule has 0 aromatic heterocycles. The number of nitrogens with one attached hydrogen (secondary N) is 2. The molecule has 2 N–H and O–H groups in total. The molecule has 2 saturated heterocycles. The van der Waals surface area contributed by atoms with Gasteiger partial charge in [-0.05, 0) is 65.0 Å². The predicted octanol–water partition coefficient (Wildman–Crippen LogP) is 3.03. The van der Waals surface area contributed by atoms with E-state index in [0.717, 1.165) is 58.3 Å². The van der Waals surface area contributed by atoms with Gasteiger partial charge in [-0.1, -0.05) is 30.3 Å². The first-order valence-corrected chi connectivity index (χ1v) is 11.4. The van der Waals surface area contributed by atoms with Crippen LogP contribution in [0, 0.1) is 5.92 Å². The number of nitrogens with zero attached hydrogens (tertiary/aromatic N) is 2. The molecule has 2 aliphatic rings. The summed E-state index contributed by atoms with van der Waals surface area (Å²) in [6, 6.07) is 10.8. The Balaban J connectivity index is 1.41. The second-order valence-corrected chi connectivity index (χ2v) is 9.76. The zero-order chi connectivity index (χ0) is 21.6. The van der Waals surface area contributed by atoms with Gasteiger partial charge in [-0.15, -0.1) is 0 Å². The Kier molecular flexibility index (Phi) is 7.75. The highest BCUT2D eigenvalue weighted by atomic mass is 16.2. The third-order valence-corrected chi connectivity index (χ3v) is 6.13. The largest absolute Gasteiger partial charge is 0.355 e. The van der Waals surface area contributed by atoms with Crippen molar-refractivity contribution in [2.24, 2.45) is 5.92 Å². The Labute approximate surface area is 181 Å². The summed E-state index contributed by atoms with van der Waals surface area (Å²) in [5.41, 5.74) is 1.05. The summed E-state index contributed by atoms with van der Waals surface area (Å²) in [5.74, 6) is 0.273. The number of likely N-dealkylation sites (tertiary alicyclic amines) is 2. The number of carbonyl (C=O) groups excluding carboxylic acids is 2. The quantitative estimate of drug-likeness (QED) is 0.778. The van der Waals surface area contributed by atoms with Crippen LogP contribution in [0.15, 0.2) is 30.3 Å². The summed E-state index contributed by atoms with van der Waals surface area (Å²) < 4.78 is 0. The van der Waals surface area contributed by atoms with E-state index in [4.69, 9.17) is 0 Å². The van der Waals surface area contributed by atoms with Crippen molar-refractivity contribution in [1.29, 1.82) is 0 Å². The smallest absolute Gasteiger partial charge is 0.317 e. The summed E-state index contributed by atoms with van der Waals surface area (Å²) in [6.45, 7) is 10.2. The van der Waals surface area contributed by atoms with Gasteiger partial charge in [0, 0.05) is 37.8 Å². The zero-order valence-electron chi connectivity index (χ0n) is 18.8. The molecule has 30 heavy (non-hydrogen) atoms. The summed E-state index contributed by atoms with van der Waals surface area (Å²) in [7, 11) is 0. The van der Waals surface area contributed by atoms with Gasteiger partial charge in [0.15, 0.2) is 0 Å². The molecule has 3 rings (SSSR count). The third-order valence-electron chi connectivity index (χ3n) is 6.13. The van der Waals surface area contributed by atoms with Gasteiger partial charge >= 0.3 is 6.03 Å². The van der Waals surface area contributed by atoms with Crippen LogP contribution in [-0.2, 0) is 11.2 Å². The maximum absolute atomic E-state index is 12.7. The van der Waals surface area contributed by atoms with Crippen molar-refractivity contribution in [3.63, 3.8) is 0 Å². The minimum Gasteiger partial charge on any atom is -0.355 e. The maximum Gasteiger partial charge on any atom is 0.317 e. The van der Waals surface area contributed by atoms with Gasteiger partial charge in [0.25, 0.3) is 0 Å². The molecule has 3 amide bonds. The molecular formula is C24H38N4O2. The van der Waals surface area contributed by atoms with Crippen LogP contribution in [0.3, 0.4) is 0 Å². The van der Waals surface area contributed by atoms with Gasteiger partial charge in [0.2, 0.25) is 5.91 Å². The monoisotopic (exact) mass is 414 g/mol. The van der Waals surface area contributed by atoms with Crippen molar-refractivity contribution >= 4 is 11.9 Å². The number of rotatable bonds is 5. The van der Waals surface area contributed by atoms with Crippen molar-refractivity contribution < 1.29 is 9.59 Å². The lowest BCUT2D eigenvalue weighted by atomic mass is 9.93. The van der Waals surface area contributed by atoms with E-state index < -0.39 is 0 Å². The number of amides is 3. The average Bonchev–Trinajstić information content (AvgIpc) is 2.73. The first-order chi connectivity index (χ1) is 14.3. The number of benzene rings is 1. The molecule has 1 aromatic carbocycles. The molecule has 0 aliphatic carbocycles. The first-order valence-electron chi connectivity index (χ1n) is 11.4. The van der Waals surface area contributed by atoms with Crippen LogP contribution >= 0.6 is 0 Å². The SMILES string of the molecule is CC(C)(C)NC(=O)N1CCC(N2CCC[C@H](C(=O)NCCc3ccccc3)C2)CC1. The van der Waals surface area contributed by atoms with E-state index in [9.17, 15) is 9.59 Å². The highest BCUT2D eigenvalue weighted by molar-refractivity contribution is 5.79. The van der Waals surface area contributed by atoms with Gasteiger partial charge in [0.05, 0.1) is 5.92 Å². The molecule has 2 heterocycles. The van der Waals surface area contributed by atoms with Crippen molar-refractivity contribution in [1.82, 2.24) is 20.4 Å². The lowest BCUT2D eigenvalue weighted by molar-refractivity contribution is -0.127. The van der Waals surface area contributed by atoms with Crippen LogP contribution in [0.5, 0.6) is 0 Å². The molecule has 0 unspecified atom stereocenters. The van der Waals surface area contributed by atoms with Crippen LogP contribution in [0.2, 0.25) is 0 Å². The maximum atomic E-state index is 12.7. The lowest BCUT2D eigenvalue weighted by Crippen LogP contribution is -2.54. The van der Waals surface area contributed by atoms with Crippen LogP contribution < -0.4 is 10.6 Å². The topological polar surface area (TPSA) is 64.7 Å².